The molecule has 3 rings (SSSR count). The van der Waals surface area contributed by atoms with Crippen molar-refractivity contribution in [2.75, 3.05) is 17.7 Å². The molecule has 5 heteroatoms. The predicted molar refractivity (Wildman–Crippen MR) is 88.2 cm³/mol. The van der Waals surface area contributed by atoms with Crippen LogP contribution in [-0.2, 0) is 20.9 Å². The van der Waals surface area contributed by atoms with E-state index in [-0.39, 0.29) is 18.2 Å². The van der Waals surface area contributed by atoms with Gasteiger partial charge in [0.15, 0.2) is 0 Å². The number of benzene rings is 2. The second-order valence-electron chi connectivity index (χ2n) is 5.47. The SMILES string of the molecule is COCc1ccccc1NC(=O)C1CC(=O)Nc2ccccc21. The zero-order chi connectivity index (χ0) is 16.2. The molecule has 1 aliphatic heterocycles. The van der Waals surface area contributed by atoms with E-state index < -0.39 is 5.92 Å². The zero-order valence-corrected chi connectivity index (χ0v) is 12.8. The first-order valence-electron chi connectivity index (χ1n) is 7.45. The molecule has 0 fully saturated rings. The Kier molecular flexibility index (Phi) is 4.39. The normalized spacial score (nSPS) is 16.4. The topological polar surface area (TPSA) is 67.4 Å². The summed E-state index contributed by atoms with van der Waals surface area (Å²) in [5.74, 6) is -0.819. The number of carbonyl (C=O) groups excluding carboxylic acids is 2. The third kappa shape index (κ3) is 3.24. The summed E-state index contributed by atoms with van der Waals surface area (Å²) in [6.07, 6.45) is 0.148. The monoisotopic (exact) mass is 310 g/mol. The molecular weight excluding hydrogens is 292 g/mol. The van der Waals surface area contributed by atoms with Crippen molar-refractivity contribution >= 4 is 23.2 Å². The van der Waals surface area contributed by atoms with Crippen LogP contribution in [0.2, 0.25) is 0 Å². The number of hydrogen-bond acceptors (Lipinski definition) is 3. The Morgan fingerprint density at radius 2 is 1.96 bits per heavy atom. The van der Waals surface area contributed by atoms with E-state index >= 15 is 0 Å². The van der Waals surface area contributed by atoms with Crippen molar-refractivity contribution in [3.05, 3.63) is 59.7 Å². The lowest BCUT2D eigenvalue weighted by atomic mass is 9.89. The van der Waals surface area contributed by atoms with Gasteiger partial charge in [0.05, 0.1) is 12.5 Å². The molecule has 0 aliphatic carbocycles. The molecule has 2 amide bonds. The van der Waals surface area contributed by atoms with Gasteiger partial charge in [-0.05, 0) is 17.7 Å². The Bertz CT molecular complexity index is 743. The third-order valence-corrected chi connectivity index (χ3v) is 3.89. The number of anilines is 2. The lowest BCUT2D eigenvalue weighted by Crippen LogP contribution is -2.31. The molecule has 5 nitrogen and oxygen atoms in total. The average molecular weight is 310 g/mol. The first kappa shape index (κ1) is 15.2. The van der Waals surface area contributed by atoms with Crippen LogP contribution in [0, 0.1) is 0 Å². The highest BCUT2D eigenvalue weighted by atomic mass is 16.5. The van der Waals surface area contributed by atoms with Crippen molar-refractivity contribution in [2.24, 2.45) is 0 Å². The number of rotatable bonds is 4. The maximum Gasteiger partial charge on any atom is 0.232 e. The zero-order valence-electron chi connectivity index (χ0n) is 12.8. The molecule has 0 radical (unpaired) electrons. The summed E-state index contributed by atoms with van der Waals surface area (Å²) in [6.45, 7) is 0.415. The minimum Gasteiger partial charge on any atom is -0.380 e. The van der Waals surface area contributed by atoms with Gasteiger partial charge in [-0.2, -0.15) is 0 Å². The van der Waals surface area contributed by atoms with E-state index in [0.29, 0.717) is 18.0 Å². The summed E-state index contributed by atoms with van der Waals surface area (Å²) in [6, 6.07) is 14.9. The minimum atomic E-state index is -0.490. The maximum absolute atomic E-state index is 12.7. The van der Waals surface area contributed by atoms with E-state index in [9.17, 15) is 9.59 Å². The number of ether oxygens (including phenoxy) is 1. The van der Waals surface area contributed by atoms with Gasteiger partial charge in [-0.3, -0.25) is 9.59 Å². The van der Waals surface area contributed by atoms with Crippen LogP contribution in [0.3, 0.4) is 0 Å². The van der Waals surface area contributed by atoms with E-state index in [1.807, 2.05) is 48.5 Å². The first-order chi connectivity index (χ1) is 11.2. The fourth-order valence-electron chi connectivity index (χ4n) is 2.79. The van der Waals surface area contributed by atoms with E-state index in [1.165, 1.54) is 0 Å². The van der Waals surface area contributed by atoms with Crippen LogP contribution >= 0.6 is 0 Å². The van der Waals surface area contributed by atoms with Crippen molar-refractivity contribution in [1.82, 2.24) is 0 Å². The molecule has 1 unspecified atom stereocenters. The number of para-hydroxylation sites is 2. The molecule has 1 heterocycles. The summed E-state index contributed by atoms with van der Waals surface area (Å²) in [7, 11) is 1.61. The number of amides is 2. The molecule has 0 bridgehead atoms. The number of hydrogen-bond donors (Lipinski definition) is 2. The van der Waals surface area contributed by atoms with Crippen LogP contribution in [0.4, 0.5) is 11.4 Å². The van der Waals surface area contributed by atoms with Crippen LogP contribution in [0.1, 0.15) is 23.5 Å². The summed E-state index contributed by atoms with van der Waals surface area (Å²) in [5.41, 5.74) is 3.16. The molecular formula is C18H18N2O3. The van der Waals surface area contributed by atoms with Crippen LogP contribution in [0.25, 0.3) is 0 Å². The van der Waals surface area contributed by atoms with E-state index in [0.717, 1.165) is 11.1 Å². The molecule has 0 aromatic heterocycles. The highest BCUT2D eigenvalue weighted by Crippen LogP contribution is 2.33. The molecule has 23 heavy (non-hydrogen) atoms. The highest BCUT2D eigenvalue weighted by molar-refractivity contribution is 6.05. The molecule has 0 saturated heterocycles. The minimum absolute atomic E-state index is 0.144. The number of carbonyl (C=O) groups is 2. The standard InChI is InChI=1S/C18H18N2O3/c1-23-11-12-6-2-4-8-15(12)20-18(22)14-10-17(21)19-16-9-5-3-7-13(14)16/h2-9,14H,10-11H2,1H3,(H,19,21)(H,20,22). The first-order valence-corrected chi connectivity index (χ1v) is 7.45. The fourth-order valence-corrected chi connectivity index (χ4v) is 2.79. The largest absolute Gasteiger partial charge is 0.380 e. The third-order valence-electron chi connectivity index (χ3n) is 3.89. The van der Waals surface area contributed by atoms with Crippen LogP contribution in [-0.4, -0.2) is 18.9 Å². The number of nitrogens with one attached hydrogen (secondary N) is 2. The summed E-state index contributed by atoms with van der Waals surface area (Å²) >= 11 is 0. The summed E-state index contributed by atoms with van der Waals surface area (Å²) in [5, 5.41) is 5.73. The molecule has 118 valence electrons. The lowest BCUT2D eigenvalue weighted by molar-refractivity contribution is -0.123. The lowest BCUT2D eigenvalue weighted by Gasteiger charge is -2.25. The smallest absolute Gasteiger partial charge is 0.232 e. The average Bonchev–Trinajstić information content (AvgIpc) is 2.56. The van der Waals surface area contributed by atoms with Gasteiger partial charge in [0, 0.05) is 30.5 Å². The predicted octanol–water partition coefficient (Wildman–Crippen LogP) is 2.90. The Morgan fingerprint density at radius 1 is 1.22 bits per heavy atom. The molecule has 0 spiro atoms. The Balaban J connectivity index is 1.86. The van der Waals surface area contributed by atoms with Crippen molar-refractivity contribution < 1.29 is 14.3 Å². The molecule has 1 atom stereocenters. The van der Waals surface area contributed by atoms with Crippen LogP contribution in [0.5, 0.6) is 0 Å². The maximum atomic E-state index is 12.7. The second kappa shape index (κ2) is 6.62. The number of fused-ring (bicyclic) bond motifs is 1. The van der Waals surface area contributed by atoms with Gasteiger partial charge in [-0.1, -0.05) is 36.4 Å². The van der Waals surface area contributed by atoms with Crippen molar-refractivity contribution in [3.63, 3.8) is 0 Å². The van der Waals surface area contributed by atoms with Crippen molar-refractivity contribution in [1.29, 1.82) is 0 Å². The molecule has 2 aromatic carbocycles. The van der Waals surface area contributed by atoms with Gasteiger partial charge in [0.1, 0.15) is 0 Å². The van der Waals surface area contributed by atoms with Gasteiger partial charge >= 0.3 is 0 Å². The van der Waals surface area contributed by atoms with Crippen LogP contribution < -0.4 is 10.6 Å². The van der Waals surface area contributed by atoms with Crippen LogP contribution in [0.15, 0.2) is 48.5 Å². The molecule has 2 N–H and O–H groups in total. The van der Waals surface area contributed by atoms with E-state index in [1.54, 1.807) is 7.11 Å². The Morgan fingerprint density at radius 3 is 2.78 bits per heavy atom. The fraction of sp³-hybridized carbons (Fsp3) is 0.222. The Hall–Kier alpha value is -2.66. The molecule has 2 aromatic rings. The summed E-state index contributed by atoms with van der Waals surface area (Å²) < 4.78 is 5.15. The van der Waals surface area contributed by atoms with Gasteiger partial charge in [-0.25, -0.2) is 0 Å². The van der Waals surface area contributed by atoms with Crippen molar-refractivity contribution in [3.8, 4) is 0 Å². The molecule has 0 saturated carbocycles. The van der Waals surface area contributed by atoms with E-state index in [4.69, 9.17) is 4.74 Å². The second-order valence-corrected chi connectivity index (χ2v) is 5.47. The van der Waals surface area contributed by atoms with Gasteiger partial charge in [-0.15, -0.1) is 0 Å². The van der Waals surface area contributed by atoms with Crippen molar-refractivity contribution in [2.45, 2.75) is 18.9 Å². The van der Waals surface area contributed by atoms with Gasteiger partial charge in [0.25, 0.3) is 0 Å². The van der Waals surface area contributed by atoms with Gasteiger partial charge < -0.3 is 15.4 Å². The van der Waals surface area contributed by atoms with Gasteiger partial charge in [0.2, 0.25) is 11.8 Å². The Labute approximate surface area is 134 Å². The van der Waals surface area contributed by atoms with E-state index in [2.05, 4.69) is 10.6 Å². The quantitative estimate of drug-likeness (QED) is 0.912. The summed E-state index contributed by atoms with van der Waals surface area (Å²) in [4.78, 5) is 24.6. The molecule has 1 aliphatic rings. The highest BCUT2D eigenvalue weighted by Gasteiger charge is 2.30. The number of methoxy groups -OCH3 is 1.